The maximum atomic E-state index is 2.48. The molecule has 228 valence electrons. The van der Waals surface area contributed by atoms with Crippen LogP contribution in [-0.4, -0.2) is 0 Å². The lowest BCUT2D eigenvalue weighted by Gasteiger charge is -2.31. The summed E-state index contributed by atoms with van der Waals surface area (Å²) in [5, 5.41) is 5.02. The minimum Gasteiger partial charge on any atom is -0.309 e. The Labute approximate surface area is 282 Å². The number of para-hydroxylation sites is 1. The summed E-state index contributed by atoms with van der Waals surface area (Å²) in [4.78, 5) is 2.48. The summed E-state index contributed by atoms with van der Waals surface area (Å²) in [7, 11) is 0. The maximum Gasteiger partial charge on any atom is 0.0540 e. The van der Waals surface area contributed by atoms with Crippen molar-refractivity contribution < 1.29 is 0 Å². The molecule has 8 aromatic carbocycles. The van der Waals surface area contributed by atoms with Crippen LogP contribution in [0.2, 0.25) is 0 Å². The number of benzene rings is 8. The van der Waals surface area contributed by atoms with Crippen LogP contribution in [0.25, 0.3) is 54.9 Å². The highest BCUT2D eigenvalue weighted by molar-refractivity contribution is 6.03. The molecule has 1 nitrogen and oxygen atoms in total. The Hall–Kier alpha value is -5.92. The largest absolute Gasteiger partial charge is 0.309 e. The molecule has 0 saturated carbocycles. The van der Waals surface area contributed by atoms with Crippen LogP contribution in [0, 0.1) is 0 Å². The Morgan fingerprint density at radius 2 is 0.958 bits per heavy atom. The van der Waals surface area contributed by atoms with Crippen LogP contribution in [0.3, 0.4) is 0 Å². The van der Waals surface area contributed by atoms with Crippen LogP contribution in [0.1, 0.15) is 25.0 Å². The summed E-state index contributed by atoms with van der Waals surface area (Å²) >= 11 is 0. The zero-order valence-corrected chi connectivity index (χ0v) is 27.2. The number of hydrogen-bond acceptors (Lipinski definition) is 1. The highest BCUT2D eigenvalue weighted by Crippen LogP contribution is 2.53. The smallest absolute Gasteiger partial charge is 0.0540 e. The monoisotopic (exact) mass is 613 g/mol. The van der Waals surface area contributed by atoms with Crippen molar-refractivity contribution in [2.45, 2.75) is 19.3 Å². The van der Waals surface area contributed by atoms with Gasteiger partial charge in [0.1, 0.15) is 0 Å². The van der Waals surface area contributed by atoms with E-state index < -0.39 is 0 Å². The van der Waals surface area contributed by atoms with E-state index in [0.717, 1.165) is 17.1 Å². The summed E-state index contributed by atoms with van der Waals surface area (Å²) in [6.45, 7) is 4.76. The third kappa shape index (κ3) is 4.47. The molecule has 0 N–H and O–H groups in total. The SMILES string of the molecule is CC1(C)c2cc(N(c3ccccc3-c3ccccc3-c3ccccc3)c3cccc4ccccc34)ccc2-c2cc3ccccc3cc21. The van der Waals surface area contributed by atoms with E-state index in [-0.39, 0.29) is 5.41 Å². The van der Waals surface area contributed by atoms with E-state index >= 15 is 0 Å². The van der Waals surface area contributed by atoms with Gasteiger partial charge in [0.05, 0.1) is 11.4 Å². The molecule has 0 saturated heterocycles. The molecule has 1 heteroatoms. The van der Waals surface area contributed by atoms with Crippen molar-refractivity contribution in [1.82, 2.24) is 0 Å². The third-order valence-electron chi connectivity index (χ3n) is 10.2. The molecular formula is C47H35N. The first-order valence-corrected chi connectivity index (χ1v) is 16.8. The lowest BCUT2D eigenvalue weighted by Crippen LogP contribution is -2.17. The summed E-state index contributed by atoms with van der Waals surface area (Å²) in [5.41, 5.74) is 13.6. The van der Waals surface area contributed by atoms with E-state index in [4.69, 9.17) is 0 Å². The van der Waals surface area contributed by atoms with Crippen molar-refractivity contribution in [1.29, 1.82) is 0 Å². The second kappa shape index (κ2) is 11.1. The minimum absolute atomic E-state index is 0.144. The summed E-state index contributed by atoms with van der Waals surface area (Å²) in [6.07, 6.45) is 0. The average molecular weight is 614 g/mol. The topological polar surface area (TPSA) is 3.24 Å². The Kier molecular flexibility index (Phi) is 6.55. The van der Waals surface area contributed by atoms with Gasteiger partial charge in [-0.2, -0.15) is 0 Å². The molecular weight excluding hydrogens is 579 g/mol. The third-order valence-corrected chi connectivity index (χ3v) is 10.2. The predicted molar refractivity (Wildman–Crippen MR) is 205 cm³/mol. The molecule has 0 heterocycles. The number of fused-ring (bicyclic) bond motifs is 5. The second-order valence-electron chi connectivity index (χ2n) is 13.4. The lowest BCUT2D eigenvalue weighted by molar-refractivity contribution is 0.661. The van der Waals surface area contributed by atoms with Crippen molar-refractivity contribution in [3.8, 4) is 33.4 Å². The fraction of sp³-hybridized carbons (Fsp3) is 0.0638. The highest BCUT2D eigenvalue weighted by atomic mass is 15.1. The maximum absolute atomic E-state index is 2.48. The molecule has 48 heavy (non-hydrogen) atoms. The van der Waals surface area contributed by atoms with Gasteiger partial charge in [-0.05, 0) is 91.5 Å². The normalized spacial score (nSPS) is 13.0. The summed E-state index contributed by atoms with van der Waals surface area (Å²) < 4.78 is 0. The van der Waals surface area contributed by atoms with Crippen LogP contribution < -0.4 is 4.90 Å². The van der Waals surface area contributed by atoms with E-state index in [1.54, 1.807) is 0 Å². The van der Waals surface area contributed by atoms with Gasteiger partial charge in [0.2, 0.25) is 0 Å². The Morgan fingerprint density at radius 3 is 1.77 bits per heavy atom. The highest BCUT2D eigenvalue weighted by Gasteiger charge is 2.36. The first-order chi connectivity index (χ1) is 23.6. The first-order valence-electron chi connectivity index (χ1n) is 16.8. The molecule has 0 radical (unpaired) electrons. The van der Waals surface area contributed by atoms with Gasteiger partial charge >= 0.3 is 0 Å². The van der Waals surface area contributed by atoms with Gasteiger partial charge in [-0.3, -0.25) is 0 Å². The van der Waals surface area contributed by atoms with Crippen molar-refractivity contribution in [2.24, 2.45) is 0 Å². The number of rotatable bonds is 5. The van der Waals surface area contributed by atoms with E-state index in [0.29, 0.717) is 0 Å². The number of anilines is 3. The molecule has 0 fully saturated rings. The van der Waals surface area contributed by atoms with Gasteiger partial charge in [0, 0.05) is 22.1 Å². The Balaban J connectivity index is 1.29. The minimum atomic E-state index is -0.144. The fourth-order valence-corrected chi connectivity index (χ4v) is 7.84. The number of hydrogen-bond donors (Lipinski definition) is 0. The van der Waals surface area contributed by atoms with E-state index in [9.17, 15) is 0 Å². The van der Waals surface area contributed by atoms with E-state index in [1.807, 2.05) is 0 Å². The molecule has 0 atom stereocenters. The molecule has 8 aromatic rings. The average Bonchev–Trinajstić information content (AvgIpc) is 3.36. The van der Waals surface area contributed by atoms with Gasteiger partial charge in [-0.25, -0.2) is 0 Å². The predicted octanol–water partition coefficient (Wildman–Crippen LogP) is 13.1. The summed E-state index contributed by atoms with van der Waals surface area (Å²) in [6, 6.07) is 64.4. The fourth-order valence-electron chi connectivity index (χ4n) is 7.84. The number of nitrogens with zero attached hydrogens (tertiary/aromatic N) is 1. The van der Waals surface area contributed by atoms with Crippen LogP contribution in [0.15, 0.2) is 176 Å². The Morgan fingerprint density at radius 1 is 0.375 bits per heavy atom. The van der Waals surface area contributed by atoms with E-state index in [2.05, 4.69) is 195 Å². The standard InChI is InChI=1S/C47H35N/c1-47(2)43-30-35-19-7-6-18-34(35)29-42(43)40-28-27-36(31-44(40)47)48(45-26-14-20-33-17-8-9-22-38(33)45)46-25-13-12-24-41(46)39-23-11-10-21-37(39)32-15-4-3-5-16-32/h3-31H,1-2H3. The van der Waals surface area contributed by atoms with Gasteiger partial charge in [-0.15, -0.1) is 0 Å². The van der Waals surface area contributed by atoms with Gasteiger partial charge in [0.15, 0.2) is 0 Å². The van der Waals surface area contributed by atoms with Crippen molar-refractivity contribution in [2.75, 3.05) is 4.90 Å². The molecule has 0 aromatic heterocycles. The van der Waals surface area contributed by atoms with Crippen molar-refractivity contribution in [3.63, 3.8) is 0 Å². The molecule has 0 bridgehead atoms. The zero-order chi connectivity index (χ0) is 32.2. The van der Waals surface area contributed by atoms with Crippen LogP contribution in [-0.2, 0) is 5.41 Å². The Bertz CT molecular complexity index is 2480. The first kappa shape index (κ1) is 28.3. The molecule has 0 aliphatic heterocycles. The van der Waals surface area contributed by atoms with Crippen LogP contribution in [0.4, 0.5) is 17.1 Å². The molecule has 0 spiro atoms. The molecule has 9 rings (SSSR count). The molecule has 0 amide bonds. The van der Waals surface area contributed by atoms with Crippen LogP contribution in [0.5, 0.6) is 0 Å². The van der Waals surface area contributed by atoms with Gasteiger partial charge in [0.25, 0.3) is 0 Å². The quantitative estimate of drug-likeness (QED) is 0.187. The molecule has 1 aliphatic rings. The summed E-state index contributed by atoms with van der Waals surface area (Å²) in [5.74, 6) is 0. The van der Waals surface area contributed by atoms with Gasteiger partial charge < -0.3 is 4.90 Å². The molecule has 1 aliphatic carbocycles. The molecule has 0 unspecified atom stereocenters. The van der Waals surface area contributed by atoms with Gasteiger partial charge in [-0.1, -0.05) is 153 Å². The van der Waals surface area contributed by atoms with Crippen molar-refractivity contribution in [3.05, 3.63) is 187 Å². The van der Waals surface area contributed by atoms with E-state index in [1.165, 1.54) is 66.1 Å². The van der Waals surface area contributed by atoms with Crippen molar-refractivity contribution >= 4 is 38.6 Å². The second-order valence-corrected chi connectivity index (χ2v) is 13.4. The van der Waals surface area contributed by atoms with Crippen LogP contribution >= 0.6 is 0 Å². The lowest BCUT2D eigenvalue weighted by atomic mass is 9.81. The zero-order valence-electron chi connectivity index (χ0n) is 27.2.